The van der Waals surface area contributed by atoms with Gasteiger partial charge in [0.25, 0.3) is 11.2 Å². The third-order valence-corrected chi connectivity index (χ3v) is 4.32. The summed E-state index contributed by atoms with van der Waals surface area (Å²) in [6, 6.07) is 16.5. The highest BCUT2D eigenvalue weighted by atomic mass is 16.6. The van der Waals surface area contributed by atoms with Gasteiger partial charge in [0.05, 0.1) is 26.8 Å². The molecule has 0 amide bonds. The Balaban J connectivity index is 1.64. The van der Waals surface area contributed by atoms with Crippen LogP contribution in [0.25, 0.3) is 22.3 Å². The Morgan fingerprint density at radius 2 is 1.63 bits per heavy atom. The molecule has 10 heteroatoms. The predicted molar refractivity (Wildman–Crippen MR) is 108 cm³/mol. The Morgan fingerprint density at radius 1 is 0.900 bits per heavy atom. The SMILES string of the molecule is O=c1[nH]c(-c2ccc(Oc3ccc([N+](=O)[O-])cc3[N+](=O)[O-])cc2)nc2ccccc12. The first kappa shape index (κ1) is 18.7. The van der Waals surface area contributed by atoms with Crippen LogP contribution in [-0.4, -0.2) is 19.8 Å². The maximum absolute atomic E-state index is 12.2. The van der Waals surface area contributed by atoms with Gasteiger partial charge in [-0.2, -0.15) is 0 Å². The van der Waals surface area contributed by atoms with Crippen molar-refractivity contribution in [2.75, 3.05) is 0 Å². The molecule has 0 bridgehead atoms. The summed E-state index contributed by atoms with van der Waals surface area (Å²) in [5, 5.41) is 22.5. The first-order valence-corrected chi connectivity index (χ1v) is 8.62. The van der Waals surface area contributed by atoms with Crippen molar-refractivity contribution in [3.63, 3.8) is 0 Å². The van der Waals surface area contributed by atoms with Gasteiger partial charge in [0.2, 0.25) is 5.75 Å². The highest BCUT2D eigenvalue weighted by molar-refractivity contribution is 5.79. The van der Waals surface area contributed by atoms with Crippen molar-refractivity contribution in [3.05, 3.63) is 97.3 Å². The lowest BCUT2D eigenvalue weighted by Crippen LogP contribution is -2.09. The zero-order valence-electron chi connectivity index (χ0n) is 15.1. The molecular weight excluding hydrogens is 392 g/mol. The number of para-hydroxylation sites is 1. The zero-order chi connectivity index (χ0) is 21.3. The fourth-order valence-corrected chi connectivity index (χ4v) is 2.88. The van der Waals surface area contributed by atoms with Gasteiger partial charge >= 0.3 is 5.69 Å². The van der Waals surface area contributed by atoms with E-state index < -0.39 is 21.2 Å². The number of nitrogens with zero attached hydrogens (tertiary/aromatic N) is 3. The van der Waals surface area contributed by atoms with E-state index in [4.69, 9.17) is 4.74 Å². The van der Waals surface area contributed by atoms with E-state index in [1.165, 1.54) is 6.07 Å². The highest BCUT2D eigenvalue weighted by Gasteiger charge is 2.21. The van der Waals surface area contributed by atoms with E-state index in [9.17, 15) is 25.0 Å². The van der Waals surface area contributed by atoms with E-state index >= 15 is 0 Å². The highest BCUT2D eigenvalue weighted by Crippen LogP contribution is 2.34. The second-order valence-electron chi connectivity index (χ2n) is 6.22. The van der Waals surface area contributed by atoms with Crippen molar-refractivity contribution in [1.82, 2.24) is 9.97 Å². The lowest BCUT2D eigenvalue weighted by molar-refractivity contribution is -0.394. The number of nitro groups is 2. The first-order valence-electron chi connectivity index (χ1n) is 8.62. The van der Waals surface area contributed by atoms with Gasteiger partial charge in [-0.25, -0.2) is 4.98 Å². The van der Waals surface area contributed by atoms with Gasteiger partial charge in [-0.05, 0) is 42.5 Å². The second kappa shape index (κ2) is 7.43. The van der Waals surface area contributed by atoms with Crippen LogP contribution >= 0.6 is 0 Å². The fraction of sp³-hybridized carbons (Fsp3) is 0. The molecule has 0 fully saturated rings. The zero-order valence-corrected chi connectivity index (χ0v) is 15.1. The number of nitrogens with one attached hydrogen (secondary N) is 1. The molecule has 1 aromatic heterocycles. The Labute approximate surface area is 167 Å². The standard InChI is InChI=1S/C20H12N4O6/c25-20-15-3-1-2-4-16(15)21-19(22-20)12-5-8-14(9-6-12)30-18-10-7-13(23(26)27)11-17(18)24(28)29/h1-11H,(H,21,22,25). The molecule has 0 aliphatic heterocycles. The molecule has 0 radical (unpaired) electrons. The second-order valence-corrected chi connectivity index (χ2v) is 6.22. The van der Waals surface area contributed by atoms with Gasteiger partial charge in [-0.1, -0.05) is 12.1 Å². The maximum atomic E-state index is 12.2. The Kier molecular flexibility index (Phi) is 4.64. The molecular formula is C20H12N4O6. The number of non-ortho nitro benzene ring substituents is 1. The van der Waals surface area contributed by atoms with Crippen molar-refractivity contribution < 1.29 is 14.6 Å². The third kappa shape index (κ3) is 3.56. The average molecular weight is 404 g/mol. The van der Waals surface area contributed by atoms with E-state index in [1.54, 1.807) is 48.5 Å². The van der Waals surface area contributed by atoms with Crippen LogP contribution in [0.3, 0.4) is 0 Å². The number of aromatic nitrogens is 2. The largest absolute Gasteiger partial charge is 0.450 e. The molecule has 1 heterocycles. The van der Waals surface area contributed by atoms with Gasteiger partial charge in [0.1, 0.15) is 11.6 Å². The molecule has 0 spiro atoms. The van der Waals surface area contributed by atoms with Crippen molar-refractivity contribution in [2.24, 2.45) is 0 Å². The third-order valence-electron chi connectivity index (χ3n) is 4.32. The summed E-state index contributed by atoms with van der Waals surface area (Å²) < 4.78 is 5.53. The van der Waals surface area contributed by atoms with Gasteiger partial charge in [0, 0.05) is 11.6 Å². The summed E-state index contributed by atoms with van der Waals surface area (Å²) in [5.41, 5.74) is -0.0246. The molecule has 1 N–H and O–H groups in total. The van der Waals surface area contributed by atoms with Crippen LogP contribution in [0.4, 0.5) is 11.4 Å². The molecule has 0 aliphatic rings. The minimum atomic E-state index is -0.750. The molecule has 0 aliphatic carbocycles. The number of H-pyrrole nitrogens is 1. The summed E-state index contributed by atoms with van der Waals surface area (Å²) in [7, 11) is 0. The van der Waals surface area contributed by atoms with Crippen molar-refractivity contribution >= 4 is 22.3 Å². The number of hydrogen-bond acceptors (Lipinski definition) is 7. The van der Waals surface area contributed by atoms with E-state index in [2.05, 4.69) is 9.97 Å². The summed E-state index contributed by atoms with van der Waals surface area (Å²) >= 11 is 0. The quantitative estimate of drug-likeness (QED) is 0.388. The van der Waals surface area contributed by atoms with Gasteiger partial charge in [-0.15, -0.1) is 0 Å². The van der Waals surface area contributed by atoms with Crippen LogP contribution in [-0.2, 0) is 0 Å². The molecule has 4 aromatic rings. The smallest absolute Gasteiger partial charge is 0.318 e. The fourth-order valence-electron chi connectivity index (χ4n) is 2.88. The first-order chi connectivity index (χ1) is 14.4. The molecule has 4 rings (SSSR count). The number of benzene rings is 3. The summed E-state index contributed by atoms with van der Waals surface area (Å²) in [5.74, 6) is 0.515. The Hall–Kier alpha value is -4.60. The summed E-state index contributed by atoms with van der Waals surface area (Å²) in [6.07, 6.45) is 0. The van der Waals surface area contributed by atoms with Crippen molar-refractivity contribution in [1.29, 1.82) is 0 Å². The predicted octanol–water partition coefficient (Wildman–Crippen LogP) is 4.20. The topological polar surface area (TPSA) is 141 Å². The van der Waals surface area contributed by atoms with Crippen molar-refractivity contribution in [3.8, 4) is 22.9 Å². The maximum Gasteiger partial charge on any atom is 0.318 e. The van der Waals surface area contributed by atoms with E-state index in [-0.39, 0.29) is 17.1 Å². The van der Waals surface area contributed by atoms with Crippen LogP contribution in [0, 0.1) is 20.2 Å². The molecule has 0 saturated carbocycles. The normalized spacial score (nSPS) is 10.7. The molecule has 0 saturated heterocycles. The van der Waals surface area contributed by atoms with Crippen LogP contribution in [0.5, 0.6) is 11.5 Å². The number of aromatic amines is 1. The van der Waals surface area contributed by atoms with E-state index in [0.29, 0.717) is 22.3 Å². The van der Waals surface area contributed by atoms with E-state index in [0.717, 1.165) is 12.1 Å². The summed E-state index contributed by atoms with van der Waals surface area (Å²) in [6.45, 7) is 0. The van der Waals surface area contributed by atoms with Gasteiger partial charge in [-0.3, -0.25) is 25.0 Å². The van der Waals surface area contributed by atoms with Crippen molar-refractivity contribution in [2.45, 2.75) is 0 Å². The molecule has 0 unspecified atom stereocenters. The van der Waals surface area contributed by atoms with Crippen LogP contribution in [0.2, 0.25) is 0 Å². The molecule has 10 nitrogen and oxygen atoms in total. The minimum absolute atomic E-state index is 0.129. The summed E-state index contributed by atoms with van der Waals surface area (Å²) in [4.78, 5) is 40.0. The molecule has 0 atom stereocenters. The van der Waals surface area contributed by atoms with Gasteiger partial charge < -0.3 is 9.72 Å². The van der Waals surface area contributed by atoms with Crippen LogP contribution in [0.15, 0.2) is 71.5 Å². The van der Waals surface area contributed by atoms with Crippen LogP contribution in [0.1, 0.15) is 0 Å². The van der Waals surface area contributed by atoms with Crippen LogP contribution < -0.4 is 10.3 Å². The average Bonchev–Trinajstić information content (AvgIpc) is 2.74. The molecule has 3 aromatic carbocycles. The minimum Gasteiger partial charge on any atom is -0.450 e. The lowest BCUT2D eigenvalue weighted by atomic mass is 10.2. The van der Waals surface area contributed by atoms with E-state index in [1.807, 2.05) is 0 Å². The molecule has 30 heavy (non-hydrogen) atoms. The number of hydrogen-bond donors (Lipinski definition) is 1. The number of nitro benzene ring substituents is 2. The number of ether oxygens (including phenoxy) is 1. The van der Waals surface area contributed by atoms with Gasteiger partial charge in [0.15, 0.2) is 0 Å². The Bertz CT molecular complexity index is 1350. The molecule has 148 valence electrons. The number of rotatable bonds is 5. The lowest BCUT2D eigenvalue weighted by Gasteiger charge is -2.08. The monoisotopic (exact) mass is 404 g/mol. The number of fused-ring (bicyclic) bond motifs is 1. The Morgan fingerprint density at radius 3 is 2.33 bits per heavy atom.